The molecule has 0 aromatic carbocycles. The van der Waals surface area contributed by atoms with Gasteiger partial charge < -0.3 is 74.0 Å². The van der Waals surface area contributed by atoms with Crippen molar-refractivity contribution in [3.8, 4) is 0 Å². The molecule has 16 heteroatoms. The zero-order valence-electron chi connectivity index (χ0n) is 36.6. The van der Waals surface area contributed by atoms with Crippen molar-refractivity contribution >= 4 is 0 Å². The van der Waals surface area contributed by atoms with Crippen molar-refractivity contribution in [3.63, 3.8) is 0 Å². The van der Waals surface area contributed by atoms with Crippen LogP contribution in [0.5, 0.6) is 0 Å². The Morgan fingerprint density at radius 2 is 1.36 bits per heavy atom. The fraction of sp³-hybridized carbons (Fsp3) is 0.956. The van der Waals surface area contributed by atoms with E-state index in [0.717, 1.165) is 32.2 Å². The van der Waals surface area contributed by atoms with Gasteiger partial charge in [-0.05, 0) is 112 Å². The zero-order valence-corrected chi connectivity index (χ0v) is 36.6. The molecule has 4 aliphatic carbocycles. The third kappa shape index (κ3) is 7.42. The van der Waals surface area contributed by atoms with Gasteiger partial charge in [0.25, 0.3) is 0 Å². The van der Waals surface area contributed by atoms with Crippen LogP contribution in [0.3, 0.4) is 0 Å². The Kier molecular flexibility index (Phi) is 12.4. The minimum absolute atomic E-state index is 0.00472. The van der Waals surface area contributed by atoms with E-state index >= 15 is 0 Å². The van der Waals surface area contributed by atoms with Gasteiger partial charge in [0.1, 0.15) is 66.8 Å². The molecule has 1 spiro atoms. The molecule has 0 aromatic heterocycles. The van der Waals surface area contributed by atoms with E-state index < -0.39 is 98.7 Å². The van der Waals surface area contributed by atoms with Crippen LogP contribution in [-0.2, 0) is 33.2 Å². The van der Waals surface area contributed by atoms with E-state index in [1.165, 1.54) is 38.7 Å². The van der Waals surface area contributed by atoms with Crippen LogP contribution in [0, 0.1) is 46.3 Å². The summed E-state index contributed by atoms with van der Waals surface area (Å²) < 4.78 is 43.7. The van der Waals surface area contributed by atoms with Gasteiger partial charge in [0, 0.05) is 12.5 Å². The molecule has 9 aliphatic rings. The molecule has 0 radical (unpaired) electrons. The molecule has 5 saturated heterocycles. The second-order valence-electron chi connectivity index (χ2n) is 21.2. The van der Waals surface area contributed by atoms with Gasteiger partial charge in [-0.1, -0.05) is 39.3 Å². The van der Waals surface area contributed by atoms with Crippen molar-refractivity contribution in [3.05, 3.63) is 11.6 Å². The first-order valence-electron chi connectivity index (χ1n) is 23.3. The summed E-state index contributed by atoms with van der Waals surface area (Å²) in [7, 11) is 0. The van der Waals surface area contributed by atoms with Gasteiger partial charge in [-0.15, -0.1) is 0 Å². The van der Waals surface area contributed by atoms with Gasteiger partial charge in [0.15, 0.2) is 18.9 Å². The maximum absolute atomic E-state index is 12.0. The van der Waals surface area contributed by atoms with Crippen LogP contribution in [0.2, 0.25) is 0 Å². The van der Waals surface area contributed by atoms with Gasteiger partial charge in [0.2, 0.25) is 0 Å². The molecule has 0 amide bonds. The third-order valence-electron chi connectivity index (χ3n) is 17.9. The molecule has 9 N–H and O–H groups in total. The van der Waals surface area contributed by atoms with E-state index in [2.05, 4.69) is 39.1 Å². The third-order valence-corrected chi connectivity index (χ3v) is 17.9. The minimum atomic E-state index is -1.70. The number of ether oxygens (including phenoxy) is 7. The van der Waals surface area contributed by atoms with Crippen molar-refractivity contribution in [1.29, 1.82) is 0 Å². The Labute approximate surface area is 359 Å². The molecule has 61 heavy (non-hydrogen) atoms. The largest absolute Gasteiger partial charge is 0.394 e. The number of rotatable bonds is 7. The topological polar surface area (TPSA) is 238 Å². The monoisotopic (exact) mass is 867 g/mol. The van der Waals surface area contributed by atoms with Gasteiger partial charge >= 0.3 is 0 Å². The first kappa shape index (κ1) is 45.3. The number of aliphatic hydroxyl groups is 8. The van der Waals surface area contributed by atoms with Crippen molar-refractivity contribution in [2.45, 2.75) is 209 Å². The molecular formula is C45H73NO15. The molecule has 16 nitrogen and oxygen atoms in total. The lowest BCUT2D eigenvalue weighted by Gasteiger charge is -2.59. The average Bonchev–Trinajstić information content (AvgIpc) is 3.69. The Bertz CT molecular complexity index is 1600. The summed E-state index contributed by atoms with van der Waals surface area (Å²) >= 11 is 0. The minimum Gasteiger partial charge on any atom is -0.394 e. The lowest BCUT2D eigenvalue weighted by Crippen LogP contribution is -2.66. The summed E-state index contributed by atoms with van der Waals surface area (Å²) in [4.78, 5) is 0. The molecule has 0 unspecified atom stereocenters. The van der Waals surface area contributed by atoms with Crippen LogP contribution >= 0.6 is 0 Å². The second kappa shape index (κ2) is 16.8. The van der Waals surface area contributed by atoms with E-state index in [1.807, 2.05) is 0 Å². The van der Waals surface area contributed by atoms with E-state index in [0.29, 0.717) is 54.5 Å². The first-order valence-corrected chi connectivity index (χ1v) is 23.3. The summed E-state index contributed by atoms with van der Waals surface area (Å²) in [6.07, 6.45) is -9.93. The zero-order chi connectivity index (χ0) is 43.5. The van der Waals surface area contributed by atoms with Gasteiger partial charge in [-0.25, -0.2) is 0 Å². The van der Waals surface area contributed by atoms with E-state index in [-0.39, 0.29) is 22.7 Å². The fourth-order valence-corrected chi connectivity index (χ4v) is 14.2. The highest BCUT2D eigenvalue weighted by Crippen LogP contribution is 2.70. The second-order valence-corrected chi connectivity index (χ2v) is 21.2. The number of fused-ring (bicyclic) bond motifs is 7. The molecule has 8 fully saturated rings. The average molecular weight is 868 g/mol. The summed E-state index contributed by atoms with van der Waals surface area (Å²) in [6.45, 7) is 13.2. The molecule has 0 aromatic rings. The van der Waals surface area contributed by atoms with Crippen LogP contribution < -0.4 is 5.32 Å². The summed E-state index contributed by atoms with van der Waals surface area (Å²) in [5.74, 6) is 3.43. The van der Waals surface area contributed by atoms with E-state index in [9.17, 15) is 40.9 Å². The van der Waals surface area contributed by atoms with Crippen molar-refractivity contribution in [1.82, 2.24) is 5.32 Å². The molecule has 9 rings (SSSR count). The van der Waals surface area contributed by atoms with Gasteiger partial charge in [-0.2, -0.15) is 0 Å². The number of hydrogen-bond donors (Lipinski definition) is 9. The van der Waals surface area contributed by atoms with E-state index in [1.54, 1.807) is 0 Å². The summed E-state index contributed by atoms with van der Waals surface area (Å²) in [5, 5.41) is 89.8. The standard InChI is InChI=1S/C45H73NO15/c1-19-9-14-45(46-17-19)20(2)30-28(61-45)16-27-25-8-7-23-15-24(10-12-43(23,5)26(25)11-13-44(27,30)6)57-42-39(60-41-36(53)34(51)32(49)22(4)56-41)37(54)38(29(18-47)58-42)59-40-35(52)33(50)31(48)21(3)55-40/h7,19-22,24-42,46-54H,8-18H2,1-6H3/t19-,20+,21+,22+,24+,25-,26+,27+,28-,29-,30+,31+,32+,33-,34-,35-,36-,37-,38-,39-,40+,41+,42-,43+,44+,45+/m1/s1. The molecule has 0 bridgehead atoms. The van der Waals surface area contributed by atoms with Crippen LogP contribution in [0.1, 0.15) is 99.3 Å². The lowest BCUT2D eigenvalue weighted by atomic mass is 9.47. The Balaban J connectivity index is 0.916. The molecule has 5 heterocycles. The number of piperidine rings is 1. The van der Waals surface area contributed by atoms with Gasteiger partial charge in [0.05, 0.1) is 31.0 Å². The highest BCUT2D eigenvalue weighted by atomic mass is 16.8. The number of nitrogens with one attached hydrogen (secondary N) is 1. The number of allylic oxidation sites excluding steroid dienone is 1. The fourth-order valence-electron chi connectivity index (χ4n) is 14.2. The highest BCUT2D eigenvalue weighted by Gasteiger charge is 2.68. The first-order chi connectivity index (χ1) is 28.9. The van der Waals surface area contributed by atoms with Crippen molar-refractivity contribution in [2.24, 2.45) is 46.3 Å². The summed E-state index contributed by atoms with van der Waals surface area (Å²) in [6, 6.07) is 0. The quantitative estimate of drug-likeness (QED) is 0.161. The maximum atomic E-state index is 12.0. The molecular weight excluding hydrogens is 794 g/mol. The predicted octanol–water partition coefficient (Wildman–Crippen LogP) is 0.815. The molecule has 3 saturated carbocycles. The van der Waals surface area contributed by atoms with Crippen LogP contribution in [-0.4, -0.2) is 164 Å². The normalized spacial score (nSPS) is 58.4. The Morgan fingerprint density at radius 3 is 1.98 bits per heavy atom. The summed E-state index contributed by atoms with van der Waals surface area (Å²) in [5.41, 5.74) is 1.41. The number of aliphatic hydroxyl groups excluding tert-OH is 8. The Morgan fingerprint density at radius 1 is 0.705 bits per heavy atom. The van der Waals surface area contributed by atoms with Crippen LogP contribution in [0.25, 0.3) is 0 Å². The van der Waals surface area contributed by atoms with Crippen molar-refractivity contribution < 1.29 is 74.0 Å². The SMILES string of the molecule is C[C@@H]1CC[C@]2(NC1)O[C@@H]1C[C@H]3[C@@H]4CC=C5C[C@@H](O[C@@H]6O[C@H](CO)[C@@H](O[C@@H]7O[C@@H](C)[C@H](O)[C@@H](O)[C@H]7O)[C@@H](O)[C@H]6O[C@@H]6O[C@@H](C)[C@H](O)[C@@H](O)[C@H]6O)CC[C@]5(C)[C@H]4CC[C@]3(C)[C@H]1[C@@H]2C. The smallest absolute Gasteiger partial charge is 0.187 e. The predicted molar refractivity (Wildman–Crippen MR) is 215 cm³/mol. The van der Waals surface area contributed by atoms with E-state index in [4.69, 9.17) is 33.2 Å². The molecule has 348 valence electrons. The van der Waals surface area contributed by atoms with Gasteiger partial charge in [-0.3, -0.25) is 5.32 Å². The Hall–Kier alpha value is -0.900. The maximum Gasteiger partial charge on any atom is 0.187 e. The molecule has 26 atom stereocenters. The van der Waals surface area contributed by atoms with Crippen molar-refractivity contribution in [2.75, 3.05) is 13.2 Å². The van der Waals surface area contributed by atoms with Crippen LogP contribution in [0.15, 0.2) is 11.6 Å². The number of hydrogen-bond acceptors (Lipinski definition) is 16. The lowest BCUT2D eigenvalue weighted by molar-refractivity contribution is -0.388. The highest BCUT2D eigenvalue weighted by molar-refractivity contribution is 5.26. The van der Waals surface area contributed by atoms with Crippen LogP contribution in [0.4, 0.5) is 0 Å². The molecule has 5 aliphatic heterocycles.